The van der Waals surface area contributed by atoms with E-state index in [0.29, 0.717) is 0 Å². The molecule has 0 amide bonds. The van der Waals surface area contributed by atoms with Gasteiger partial charge in [0.2, 0.25) is 0 Å². The van der Waals surface area contributed by atoms with Gasteiger partial charge in [-0.3, -0.25) is 0 Å². The minimum absolute atomic E-state index is 0.446. The van der Waals surface area contributed by atoms with Crippen LogP contribution < -0.4 is 47.7 Å². The predicted octanol–water partition coefficient (Wildman–Crippen LogP) is 10.7. The van der Waals surface area contributed by atoms with Crippen molar-refractivity contribution in [2.45, 2.75) is 0 Å². The third-order valence-corrected chi connectivity index (χ3v) is 17.4. The van der Waals surface area contributed by atoms with Gasteiger partial charge < -0.3 is 0 Å². The molecule has 0 N–H and O–H groups in total. The molecule has 0 aliphatic carbocycles. The molecular formula is C55H46ClOP3W. The molecule has 0 aliphatic heterocycles. The third kappa shape index (κ3) is 14.2. The van der Waals surface area contributed by atoms with E-state index in [1.54, 1.807) is 0 Å². The minimum atomic E-state index is -0.963. The van der Waals surface area contributed by atoms with Gasteiger partial charge in [-0.25, -0.2) is 0 Å². The molecule has 300 valence electrons. The molecule has 0 aromatic heterocycles. The molecule has 0 aliphatic rings. The number of benzene rings is 9. The van der Waals surface area contributed by atoms with E-state index < -0.39 is 41.3 Å². The van der Waals surface area contributed by atoms with Gasteiger partial charge in [0.15, 0.2) is 0 Å². The quantitative estimate of drug-likeness (QED) is 0.0986. The molecule has 9 aromatic carbocycles. The zero-order valence-electron chi connectivity index (χ0n) is 33.6. The van der Waals surface area contributed by atoms with E-state index >= 15 is 0 Å². The first-order valence-corrected chi connectivity index (χ1v) is 29.2. The zero-order chi connectivity index (χ0) is 42.2. The van der Waals surface area contributed by atoms with Crippen molar-refractivity contribution in [3.05, 3.63) is 273 Å². The Labute approximate surface area is 378 Å². The summed E-state index contributed by atoms with van der Waals surface area (Å²) in [6.07, 6.45) is 0. The largest absolute Gasteiger partial charge is 0.0622 e. The van der Waals surface area contributed by atoms with Crippen LogP contribution in [-0.4, -0.2) is 4.68 Å². The van der Waals surface area contributed by atoms with Crippen LogP contribution in [0.25, 0.3) is 0 Å². The van der Waals surface area contributed by atoms with Crippen LogP contribution in [-0.2, 0) is 22.3 Å². The van der Waals surface area contributed by atoms with Crippen LogP contribution >= 0.6 is 33.2 Å². The molecule has 0 saturated carbocycles. The third-order valence-electron chi connectivity index (χ3n) is 9.17. The molecule has 0 fully saturated rings. The number of rotatable bonds is 10. The van der Waals surface area contributed by atoms with Crippen LogP contribution in [0.15, 0.2) is 273 Å². The van der Waals surface area contributed by atoms with E-state index in [2.05, 4.69) is 273 Å². The van der Waals surface area contributed by atoms with Gasteiger partial charge >= 0.3 is 36.4 Å². The first kappa shape index (κ1) is 45.4. The zero-order valence-corrected chi connectivity index (χ0v) is 40.0. The number of carbonyl (C=O) groups excluding carboxylic acids is 1. The number of carbonyl (C=O) groups is 1. The van der Waals surface area contributed by atoms with Crippen LogP contribution in [0.1, 0.15) is 0 Å². The summed E-state index contributed by atoms with van der Waals surface area (Å²) in [7, 11) is 3.65. The monoisotopic (exact) mass is 1030 g/mol. The van der Waals surface area contributed by atoms with Crippen molar-refractivity contribution in [3.8, 4) is 0 Å². The Kier molecular flexibility index (Phi) is 19.6. The molecule has 0 bridgehead atoms. The van der Waals surface area contributed by atoms with Crippen LogP contribution in [0, 0.1) is 0 Å². The SMILES string of the molecule is O=[CH][W][Cl].c1ccc(P(c2ccccc2)c2ccccc2)cc1.c1ccc(P(c2ccccc2)c2ccccc2)cc1.c1ccc(P(c2ccccc2)c2ccccc2)cc1. The molecule has 1 nitrogen and oxygen atoms in total. The summed E-state index contributed by atoms with van der Waals surface area (Å²) < 4.78 is 0.807. The van der Waals surface area contributed by atoms with Gasteiger partial charge in [0, 0.05) is 0 Å². The van der Waals surface area contributed by atoms with Crippen LogP contribution in [0.3, 0.4) is 0 Å². The second-order valence-corrected chi connectivity index (χ2v) is 22.7. The Bertz CT molecular complexity index is 1940. The van der Waals surface area contributed by atoms with Crippen molar-refractivity contribution in [2.75, 3.05) is 0 Å². The average Bonchev–Trinajstić information content (AvgIpc) is 3.35. The second-order valence-electron chi connectivity index (χ2n) is 13.2. The summed E-state index contributed by atoms with van der Waals surface area (Å²) in [6.45, 7) is 0. The molecule has 9 rings (SSSR count). The Morgan fingerprint density at radius 3 is 0.426 bits per heavy atom. The smallest absolute Gasteiger partial charge is 0.0134 e. The van der Waals surface area contributed by atoms with Crippen LogP contribution in [0.4, 0.5) is 0 Å². The number of halogens is 1. The maximum atomic E-state index is 9.12. The van der Waals surface area contributed by atoms with Crippen molar-refractivity contribution in [1.29, 1.82) is 0 Å². The van der Waals surface area contributed by atoms with Crippen LogP contribution in [0.2, 0.25) is 0 Å². The van der Waals surface area contributed by atoms with Gasteiger partial charge in [0.1, 0.15) is 0 Å². The first-order valence-electron chi connectivity index (χ1n) is 19.8. The van der Waals surface area contributed by atoms with Crippen LogP contribution in [0.5, 0.6) is 0 Å². The van der Waals surface area contributed by atoms with Crippen molar-refractivity contribution in [1.82, 2.24) is 0 Å². The summed E-state index contributed by atoms with van der Waals surface area (Å²) in [5, 5.41) is 12.6. The Morgan fingerprint density at radius 2 is 0.344 bits per heavy atom. The minimum Gasteiger partial charge on any atom is -0.0622 e. The Balaban J connectivity index is 0.000000146. The molecule has 0 spiro atoms. The summed E-state index contributed by atoms with van der Waals surface area (Å²) >= 11 is -0.963. The summed E-state index contributed by atoms with van der Waals surface area (Å²) in [6, 6.07) is 97.0. The Morgan fingerprint density at radius 1 is 0.246 bits per heavy atom. The van der Waals surface area contributed by atoms with E-state index in [1.165, 1.54) is 47.7 Å². The van der Waals surface area contributed by atoms with Crippen molar-refractivity contribution in [2.24, 2.45) is 0 Å². The molecule has 0 saturated heterocycles. The van der Waals surface area contributed by atoms with E-state index in [0.717, 1.165) is 4.68 Å². The van der Waals surface area contributed by atoms with Gasteiger partial charge in [0.25, 0.3) is 0 Å². The fraction of sp³-hybridized carbons (Fsp3) is 0. The van der Waals surface area contributed by atoms with Gasteiger partial charge in [-0.2, -0.15) is 0 Å². The molecule has 6 heteroatoms. The molecule has 0 heterocycles. The summed E-state index contributed by atoms with van der Waals surface area (Å²) in [5.41, 5.74) is 0. The maximum absolute atomic E-state index is 9.12. The molecule has 0 radical (unpaired) electrons. The molecule has 0 atom stereocenters. The van der Waals surface area contributed by atoms with E-state index in [9.17, 15) is 0 Å². The average molecular weight is 1040 g/mol. The molecular weight excluding hydrogens is 989 g/mol. The number of hydrogen-bond acceptors (Lipinski definition) is 1. The number of hydrogen-bond donors (Lipinski definition) is 0. The standard InChI is InChI=1S/3C18H15P.CHO.ClH.W/c3*1-4-10-16(11-5-1)19(17-12-6-2-7-13-17)18-14-8-3-9-15-18;1-2;;/h3*1-15H;1H;1H;/q;;;;;+1/p-1. The van der Waals surface area contributed by atoms with E-state index in [-0.39, 0.29) is 0 Å². The van der Waals surface area contributed by atoms with Gasteiger partial charge in [-0.15, -0.1) is 0 Å². The van der Waals surface area contributed by atoms with Crippen molar-refractivity contribution in [3.63, 3.8) is 0 Å². The second kappa shape index (κ2) is 26.3. The van der Waals surface area contributed by atoms with Gasteiger partial charge in [0.05, 0.1) is 0 Å². The first-order chi connectivity index (χ1) is 30.3. The molecule has 61 heavy (non-hydrogen) atoms. The molecule has 9 aromatic rings. The summed E-state index contributed by atoms with van der Waals surface area (Å²) in [4.78, 5) is 9.12. The summed E-state index contributed by atoms with van der Waals surface area (Å²) in [5.74, 6) is 0. The Hall–Kier alpha value is -5.08. The van der Waals surface area contributed by atoms with E-state index in [4.69, 9.17) is 14.2 Å². The van der Waals surface area contributed by atoms with E-state index in [1.807, 2.05) is 0 Å². The van der Waals surface area contributed by atoms with Crippen molar-refractivity contribution < 1.29 is 22.3 Å². The fourth-order valence-corrected chi connectivity index (χ4v) is 13.5. The predicted molar refractivity (Wildman–Crippen MR) is 268 cm³/mol. The topological polar surface area (TPSA) is 17.1 Å². The fourth-order valence-electron chi connectivity index (χ4n) is 6.54. The molecule has 0 unspecified atom stereocenters. The van der Waals surface area contributed by atoms with Crippen molar-refractivity contribution >= 4 is 85.6 Å². The van der Waals surface area contributed by atoms with Gasteiger partial charge in [-0.1, -0.05) is 273 Å². The maximum Gasteiger partial charge on any atom is -0.0134 e. The van der Waals surface area contributed by atoms with Gasteiger partial charge in [-0.05, 0) is 71.5 Å². The normalized spacial score (nSPS) is 10.3.